The summed E-state index contributed by atoms with van der Waals surface area (Å²) in [6.45, 7) is 0.639. The van der Waals surface area contributed by atoms with Crippen LogP contribution in [-0.4, -0.2) is 33.8 Å². The normalized spacial score (nSPS) is 15.0. The Bertz CT molecular complexity index is 1270. The molecule has 3 aromatic heterocycles. The molecule has 0 unspecified atom stereocenters. The maximum atomic E-state index is 13.2. The maximum absolute atomic E-state index is 13.2. The smallest absolute Gasteiger partial charge is 0.243 e. The Hall–Kier alpha value is -2.62. The van der Waals surface area contributed by atoms with E-state index in [2.05, 4.69) is 9.97 Å². The average molecular weight is 414 g/mol. The molecule has 0 amide bonds. The monoisotopic (exact) mass is 414 g/mol. The number of hydrogen-bond acceptors (Lipinski definition) is 5. The standard InChI is InChI=1S/C19H15FN4O2S2/c20-13-3-5-14(6-4-13)28(25,26)24-10-7-15-16(11-24)27-19-17(15)18(21-12-22-19)23-8-1-2-9-23/h1-6,8-9,12H,7,10-11H2. The minimum absolute atomic E-state index is 0.103. The summed E-state index contributed by atoms with van der Waals surface area (Å²) in [7, 11) is -3.68. The molecule has 0 saturated carbocycles. The summed E-state index contributed by atoms with van der Waals surface area (Å²) < 4.78 is 42.5. The van der Waals surface area contributed by atoms with Gasteiger partial charge in [0.1, 0.15) is 22.8 Å². The topological polar surface area (TPSA) is 68.1 Å². The lowest BCUT2D eigenvalue weighted by Gasteiger charge is -2.26. The van der Waals surface area contributed by atoms with Gasteiger partial charge in [-0.1, -0.05) is 0 Å². The van der Waals surface area contributed by atoms with Crippen LogP contribution in [0.2, 0.25) is 0 Å². The van der Waals surface area contributed by atoms with Crippen molar-refractivity contribution in [2.24, 2.45) is 0 Å². The van der Waals surface area contributed by atoms with Crippen molar-refractivity contribution in [2.45, 2.75) is 17.9 Å². The van der Waals surface area contributed by atoms with Gasteiger partial charge in [0.25, 0.3) is 0 Å². The molecule has 142 valence electrons. The SMILES string of the molecule is O=S(=O)(c1ccc(F)cc1)N1CCc2c(sc3ncnc(-n4cccc4)c23)C1. The number of aromatic nitrogens is 3. The van der Waals surface area contributed by atoms with Gasteiger partial charge in [0.05, 0.1) is 10.3 Å². The molecule has 0 bridgehead atoms. The molecule has 9 heteroatoms. The van der Waals surface area contributed by atoms with Gasteiger partial charge in [-0.2, -0.15) is 4.31 Å². The second kappa shape index (κ2) is 6.47. The average Bonchev–Trinajstić information content (AvgIpc) is 3.35. The third-order valence-corrected chi connectivity index (χ3v) is 7.87. The lowest BCUT2D eigenvalue weighted by molar-refractivity contribution is 0.396. The molecule has 0 fully saturated rings. The minimum Gasteiger partial charge on any atom is -0.308 e. The Labute approximate surface area is 165 Å². The van der Waals surface area contributed by atoms with Gasteiger partial charge in [0.2, 0.25) is 10.0 Å². The van der Waals surface area contributed by atoms with E-state index in [1.165, 1.54) is 46.2 Å². The summed E-state index contributed by atoms with van der Waals surface area (Å²) in [4.78, 5) is 10.8. The van der Waals surface area contributed by atoms with Crippen LogP contribution in [0.4, 0.5) is 4.39 Å². The number of fused-ring (bicyclic) bond motifs is 3. The molecule has 0 N–H and O–H groups in total. The Morgan fingerprint density at radius 2 is 1.82 bits per heavy atom. The second-order valence-corrected chi connectivity index (χ2v) is 9.54. The van der Waals surface area contributed by atoms with Crippen LogP contribution in [0.3, 0.4) is 0 Å². The van der Waals surface area contributed by atoms with Crippen molar-refractivity contribution < 1.29 is 12.8 Å². The first kappa shape index (κ1) is 17.5. The number of nitrogens with zero attached hydrogens (tertiary/aromatic N) is 4. The van der Waals surface area contributed by atoms with Gasteiger partial charge in [-0.3, -0.25) is 0 Å². The van der Waals surface area contributed by atoms with Crippen LogP contribution in [0, 0.1) is 5.82 Å². The summed E-state index contributed by atoms with van der Waals surface area (Å²) in [5.41, 5.74) is 1.11. The van der Waals surface area contributed by atoms with Crippen molar-refractivity contribution in [3.05, 3.63) is 71.4 Å². The van der Waals surface area contributed by atoms with E-state index in [9.17, 15) is 12.8 Å². The zero-order chi connectivity index (χ0) is 19.3. The molecule has 0 saturated heterocycles. The molecule has 1 aliphatic rings. The zero-order valence-corrected chi connectivity index (χ0v) is 16.3. The molecule has 1 aromatic carbocycles. The fraction of sp³-hybridized carbons (Fsp3) is 0.158. The second-order valence-electron chi connectivity index (χ2n) is 6.51. The van der Waals surface area contributed by atoms with E-state index in [0.29, 0.717) is 13.0 Å². The summed E-state index contributed by atoms with van der Waals surface area (Å²) in [6, 6.07) is 8.82. The van der Waals surface area contributed by atoms with Gasteiger partial charge >= 0.3 is 0 Å². The van der Waals surface area contributed by atoms with E-state index in [1.54, 1.807) is 0 Å². The largest absolute Gasteiger partial charge is 0.308 e. The Balaban J connectivity index is 1.56. The first-order chi connectivity index (χ1) is 13.5. The molecule has 4 aromatic rings. The Morgan fingerprint density at radius 1 is 1.07 bits per heavy atom. The van der Waals surface area contributed by atoms with Crippen LogP contribution in [0.1, 0.15) is 10.4 Å². The van der Waals surface area contributed by atoms with Crippen LogP contribution in [0.25, 0.3) is 16.0 Å². The van der Waals surface area contributed by atoms with Gasteiger partial charge in [-0.15, -0.1) is 11.3 Å². The lowest BCUT2D eigenvalue weighted by Crippen LogP contribution is -2.35. The van der Waals surface area contributed by atoms with Crippen molar-refractivity contribution in [3.8, 4) is 5.82 Å². The minimum atomic E-state index is -3.68. The number of halogens is 1. The lowest BCUT2D eigenvalue weighted by atomic mass is 10.1. The number of rotatable bonds is 3. The van der Waals surface area contributed by atoms with Crippen molar-refractivity contribution in [1.82, 2.24) is 18.8 Å². The van der Waals surface area contributed by atoms with Gasteiger partial charge in [-0.25, -0.2) is 22.8 Å². The third-order valence-electron chi connectivity index (χ3n) is 4.88. The third kappa shape index (κ3) is 2.74. The fourth-order valence-electron chi connectivity index (χ4n) is 3.52. The first-order valence-electron chi connectivity index (χ1n) is 8.68. The molecule has 4 heterocycles. The summed E-state index contributed by atoms with van der Waals surface area (Å²) >= 11 is 1.50. The van der Waals surface area contributed by atoms with Crippen molar-refractivity contribution in [2.75, 3.05) is 6.54 Å². The van der Waals surface area contributed by atoms with E-state index in [4.69, 9.17) is 0 Å². The number of sulfonamides is 1. The van der Waals surface area contributed by atoms with Gasteiger partial charge in [0, 0.05) is 30.4 Å². The van der Waals surface area contributed by atoms with Crippen LogP contribution in [0.5, 0.6) is 0 Å². The summed E-state index contributed by atoms with van der Waals surface area (Å²) in [6.07, 6.45) is 5.98. The highest BCUT2D eigenvalue weighted by Gasteiger charge is 2.31. The highest BCUT2D eigenvalue weighted by atomic mass is 32.2. The van der Waals surface area contributed by atoms with Gasteiger partial charge in [0.15, 0.2) is 0 Å². The van der Waals surface area contributed by atoms with E-state index < -0.39 is 15.8 Å². The van der Waals surface area contributed by atoms with Gasteiger partial charge < -0.3 is 4.57 Å². The van der Waals surface area contributed by atoms with Crippen molar-refractivity contribution in [3.63, 3.8) is 0 Å². The molecule has 1 aliphatic heterocycles. The van der Waals surface area contributed by atoms with E-state index in [1.807, 2.05) is 29.1 Å². The molecule has 6 nitrogen and oxygen atoms in total. The van der Waals surface area contributed by atoms with Gasteiger partial charge in [-0.05, 0) is 48.4 Å². The molecule has 5 rings (SSSR count). The first-order valence-corrected chi connectivity index (χ1v) is 10.9. The fourth-order valence-corrected chi connectivity index (χ4v) is 6.21. The van der Waals surface area contributed by atoms with Crippen LogP contribution >= 0.6 is 11.3 Å². The van der Waals surface area contributed by atoms with Crippen LogP contribution < -0.4 is 0 Å². The predicted molar refractivity (Wildman–Crippen MR) is 104 cm³/mol. The highest BCUT2D eigenvalue weighted by molar-refractivity contribution is 7.89. The van der Waals surface area contributed by atoms with Crippen LogP contribution in [-0.2, 0) is 23.0 Å². The number of benzene rings is 1. The van der Waals surface area contributed by atoms with E-state index in [0.717, 1.165) is 26.5 Å². The molecule has 0 radical (unpaired) electrons. The molecule has 0 aliphatic carbocycles. The van der Waals surface area contributed by atoms with Crippen molar-refractivity contribution in [1.29, 1.82) is 0 Å². The Kier molecular flexibility index (Phi) is 4.04. The van der Waals surface area contributed by atoms with E-state index in [-0.39, 0.29) is 11.4 Å². The Morgan fingerprint density at radius 3 is 2.57 bits per heavy atom. The molecular weight excluding hydrogens is 399 g/mol. The number of hydrogen-bond donors (Lipinski definition) is 0. The quantitative estimate of drug-likeness (QED) is 0.516. The molecule has 28 heavy (non-hydrogen) atoms. The molecular formula is C19H15FN4O2S2. The maximum Gasteiger partial charge on any atom is 0.243 e. The van der Waals surface area contributed by atoms with Crippen LogP contribution in [0.15, 0.2) is 60.0 Å². The van der Waals surface area contributed by atoms with Crippen molar-refractivity contribution >= 4 is 31.6 Å². The zero-order valence-electron chi connectivity index (χ0n) is 14.6. The predicted octanol–water partition coefficient (Wildman–Crippen LogP) is 3.37. The summed E-state index contributed by atoms with van der Waals surface area (Å²) in [5.74, 6) is 0.350. The molecule has 0 spiro atoms. The molecule has 0 atom stereocenters. The summed E-state index contributed by atoms with van der Waals surface area (Å²) in [5, 5.41) is 0.984. The van der Waals surface area contributed by atoms with E-state index >= 15 is 0 Å². The highest BCUT2D eigenvalue weighted by Crippen LogP contribution is 2.37. The number of thiophene rings is 1.